The van der Waals surface area contributed by atoms with Gasteiger partial charge in [0.05, 0.1) is 11.1 Å². The fraction of sp³-hybridized carbons (Fsp3) is 0.667. The van der Waals surface area contributed by atoms with Gasteiger partial charge >= 0.3 is 0 Å². The van der Waals surface area contributed by atoms with Crippen LogP contribution < -0.4 is 10.2 Å². The molecule has 0 spiro atoms. The van der Waals surface area contributed by atoms with Gasteiger partial charge in [0.2, 0.25) is 5.95 Å². The van der Waals surface area contributed by atoms with Crippen molar-refractivity contribution in [2.45, 2.75) is 32.7 Å². The minimum atomic E-state index is 0.113. The van der Waals surface area contributed by atoms with Crippen LogP contribution in [0.2, 0.25) is 0 Å². The van der Waals surface area contributed by atoms with E-state index in [0.29, 0.717) is 18.5 Å². The first-order valence-corrected chi connectivity index (χ1v) is 7.04. The second-order valence-corrected chi connectivity index (χ2v) is 4.86. The van der Waals surface area contributed by atoms with E-state index in [1.807, 2.05) is 0 Å². The van der Waals surface area contributed by atoms with Gasteiger partial charge in [-0.2, -0.15) is 4.98 Å². The molecule has 0 saturated carbocycles. The van der Waals surface area contributed by atoms with Gasteiger partial charge < -0.3 is 15.3 Å². The van der Waals surface area contributed by atoms with Crippen molar-refractivity contribution in [3.8, 4) is 0 Å². The summed E-state index contributed by atoms with van der Waals surface area (Å²) in [6, 6.07) is 0.369. The molecule has 0 aliphatic heterocycles. The Balaban J connectivity index is 3.10. The number of aliphatic hydroxyl groups excluding tert-OH is 1. The SMILES string of the molecule is CCC(CC)N(CCO)c1nc(NC)ncc1Br. The van der Waals surface area contributed by atoms with Crippen LogP contribution in [-0.4, -0.2) is 41.3 Å². The predicted octanol–water partition coefficient (Wildman–Crippen LogP) is 2.27. The van der Waals surface area contributed by atoms with Gasteiger partial charge in [0.15, 0.2) is 0 Å². The molecule has 2 N–H and O–H groups in total. The van der Waals surface area contributed by atoms with Crippen LogP contribution in [0.1, 0.15) is 26.7 Å². The molecule has 0 radical (unpaired) electrons. The molecule has 1 rings (SSSR count). The Morgan fingerprint density at radius 1 is 1.44 bits per heavy atom. The molecule has 0 saturated heterocycles. The summed E-state index contributed by atoms with van der Waals surface area (Å²) in [5, 5.41) is 12.2. The van der Waals surface area contributed by atoms with Gasteiger partial charge in [-0.3, -0.25) is 0 Å². The number of rotatable bonds is 7. The highest BCUT2D eigenvalue weighted by molar-refractivity contribution is 9.10. The van der Waals surface area contributed by atoms with Crippen molar-refractivity contribution in [2.24, 2.45) is 0 Å². The van der Waals surface area contributed by atoms with Crippen LogP contribution in [0.25, 0.3) is 0 Å². The summed E-state index contributed by atoms with van der Waals surface area (Å²) < 4.78 is 0.849. The van der Waals surface area contributed by atoms with E-state index in [4.69, 9.17) is 0 Å². The van der Waals surface area contributed by atoms with Crippen molar-refractivity contribution in [1.82, 2.24) is 9.97 Å². The minimum Gasteiger partial charge on any atom is -0.395 e. The van der Waals surface area contributed by atoms with Gasteiger partial charge in [0, 0.05) is 25.8 Å². The molecule has 1 aromatic heterocycles. The summed E-state index contributed by atoms with van der Waals surface area (Å²) in [6.45, 7) is 4.98. The van der Waals surface area contributed by atoms with E-state index in [9.17, 15) is 5.11 Å². The van der Waals surface area contributed by atoms with E-state index in [-0.39, 0.29) is 6.61 Å². The second-order valence-electron chi connectivity index (χ2n) is 4.00. The highest BCUT2D eigenvalue weighted by Gasteiger charge is 2.19. The Morgan fingerprint density at radius 3 is 2.61 bits per heavy atom. The number of hydrogen-bond donors (Lipinski definition) is 2. The largest absolute Gasteiger partial charge is 0.395 e. The fourth-order valence-electron chi connectivity index (χ4n) is 1.98. The third-order valence-corrected chi connectivity index (χ3v) is 3.50. The van der Waals surface area contributed by atoms with Gasteiger partial charge in [0.1, 0.15) is 5.82 Å². The van der Waals surface area contributed by atoms with Crippen molar-refractivity contribution in [3.05, 3.63) is 10.7 Å². The molecular weight excluding hydrogens is 296 g/mol. The number of hydrogen-bond acceptors (Lipinski definition) is 5. The molecule has 1 aromatic rings. The maximum absolute atomic E-state index is 9.24. The van der Waals surface area contributed by atoms with E-state index < -0.39 is 0 Å². The highest BCUT2D eigenvalue weighted by atomic mass is 79.9. The summed E-state index contributed by atoms with van der Waals surface area (Å²) in [6.07, 6.45) is 3.77. The molecule has 5 nitrogen and oxygen atoms in total. The van der Waals surface area contributed by atoms with Crippen molar-refractivity contribution < 1.29 is 5.11 Å². The standard InChI is InChI=1S/C12H21BrN4O/c1-4-9(5-2)17(6-7-18)11-10(13)8-15-12(14-3)16-11/h8-9,18H,4-7H2,1-3H3,(H,14,15,16). The lowest BCUT2D eigenvalue weighted by atomic mass is 10.1. The summed E-state index contributed by atoms with van der Waals surface area (Å²) in [5.74, 6) is 1.42. The van der Waals surface area contributed by atoms with Gasteiger partial charge in [-0.15, -0.1) is 0 Å². The molecule has 18 heavy (non-hydrogen) atoms. The lowest BCUT2D eigenvalue weighted by Crippen LogP contribution is -2.37. The first-order chi connectivity index (χ1) is 8.67. The van der Waals surface area contributed by atoms with Crippen LogP contribution in [0.3, 0.4) is 0 Å². The number of nitrogens with zero attached hydrogens (tertiary/aromatic N) is 3. The van der Waals surface area contributed by atoms with Crippen LogP contribution in [0.15, 0.2) is 10.7 Å². The Bertz CT molecular complexity index is 371. The van der Waals surface area contributed by atoms with Crippen LogP contribution in [0.4, 0.5) is 11.8 Å². The molecular formula is C12H21BrN4O. The average molecular weight is 317 g/mol. The second kappa shape index (κ2) is 7.53. The summed E-state index contributed by atoms with van der Waals surface area (Å²) in [4.78, 5) is 10.8. The molecule has 0 unspecified atom stereocenters. The van der Waals surface area contributed by atoms with Crippen LogP contribution >= 0.6 is 15.9 Å². The van der Waals surface area contributed by atoms with Gasteiger partial charge in [-0.1, -0.05) is 13.8 Å². The monoisotopic (exact) mass is 316 g/mol. The number of anilines is 2. The first kappa shape index (κ1) is 15.2. The third-order valence-electron chi connectivity index (χ3n) is 2.95. The molecule has 1 heterocycles. The van der Waals surface area contributed by atoms with E-state index in [0.717, 1.165) is 23.1 Å². The van der Waals surface area contributed by atoms with Crippen molar-refractivity contribution >= 4 is 27.7 Å². The number of aromatic nitrogens is 2. The van der Waals surface area contributed by atoms with Gasteiger partial charge in [0.25, 0.3) is 0 Å². The maximum Gasteiger partial charge on any atom is 0.224 e. The van der Waals surface area contributed by atoms with E-state index >= 15 is 0 Å². The molecule has 0 bridgehead atoms. The topological polar surface area (TPSA) is 61.3 Å². The van der Waals surface area contributed by atoms with E-state index in [2.05, 4.69) is 50.0 Å². The lowest BCUT2D eigenvalue weighted by molar-refractivity contribution is 0.295. The average Bonchev–Trinajstić information content (AvgIpc) is 2.40. The van der Waals surface area contributed by atoms with Crippen LogP contribution in [-0.2, 0) is 0 Å². The zero-order valence-corrected chi connectivity index (χ0v) is 12.7. The van der Waals surface area contributed by atoms with E-state index in [1.54, 1.807) is 13.2 Å². The van der Waals surface area contributed by atoms with Crippen molar-refractivity contribution in [1.29, 1.82) is 0 Å². The van der Waals surface area contributed by atoms with Gasteiger partial charge in [-0.05, 0) is 28.8 Å². The molecule has 6 heteroatoms. The van der Waals surface area contributed by atoms with Crippen molar-refractivity contribution in [2.75, 3.05) is 30.4 Å². The van der Waals surface area contributed by atoms with Crippen LogP contribution in [0.5, 0.6) is 0 Å². The number of nitrogens with one attached hydrogen (secondary N) is 1. The fourth-order valence-corrected chi connectivity index (χ4v) is 2.40. The zero-order chi connectivity index (χ0) is 13.5. The molecule has 0 atom stereocenters. The molecule has 0 aromatic carbocycles. The molecule has 0 aliphatic rings. The smallest absolute Gasteiger partial charge is 0.224 e. The summed E-state index contributed by atoms with van der Waals surface area (Å²) in [7, 11) is 1.79. The first-order valence-electron chi connectivity index (χ1n) is 6.25. The zero-order valence-electron chi connectivity index (χ0n) is 11.1. The highest BCUT2D eigenvalue weighted by Crippen LogP contribution is 2.27. The third kappa shape index (κ3) is 3.55. The Morgan fingerprint density at radius 2 is 2.11 bits per heavy atom. The Labute approximate surface area is 117 Å². The summed E-state index contributed by atoms with van der Waals surface area (Å²) in [5.41, 5.74) is 0. The molecule has 0 amide bonds. The summed E-state index contributed by atoms with van der Waals surface area (Å²) >= 11 is 3.48. The predicted molar refractivity (Wildman–Crippen MR) is 78.1 cm³/mol. The number of aliphatic hydroxyl groups is 1. The quantitative estimate of drug-likeness (QED) is 0.808. The minimum absolute atomic E-state index is 0.113. The molecule has 0 fully saturated rings. The molecule has 102 valence electrons. The van der Waals surface area contributed by atoms with E-state index in [1.165, 1.54) is 0 Å². The normalized spacial score (nSPS) is 10.8. The Hall–Kier alpha value is -0.880. The Kier molecular flexibility index (Phi) is 6.35. The number of halogens is 1. The molecule has 0 aliphatic carbocycles. The maximum atomic E-state index is 9.24. The van der Waals surface area contributed by atoms with Gasteiger partial charge in [-0.25, -0.2) is 4.98 Å². The van der Waals surface area contributed by atoms with Crippen LogP contribution in [0, 0.1) is 0 Å². The van der Waals surface area contributed by atoms with Crippen molar-refractivity contribution in [3.63, 3.8) is 0 Å². The lowest BCUT2D eigenvalue weighted by Gasteiger charge is -2.31.